The molecule has 1 heterocycles. The Morgan fingerprint density at radius 2 is 2.17 bits per heavy atom. The van der Waals surface area contributed by atoms with E-state index in [2.05, 4.69) is 0 Å². The van der Waals surface area contributed by atoms with E-state index in [9.17, 15) is 13.2 Å². The topological polar surface area (TPSA) is 63.7 Å². The van der Waals surface area contributed by atoms with Crippen LogP contribution in [0.15, 0.2) is 23.1 Å². The van der Waals surface area contributed by atoms with Gasteiger partial charge in [0.05, 0.1) is 17.1 Å². The lowest BCUT2D eigenvalue weighted by Gasteiger charge is -2.32. The molecule has 0 saturated heterocycles. The summed E-state index contributed by atoms with van der Waals surface area (Å²) >= 11 is 0. The number of nitrogens with zero attached hydrogens (tertiary/aromatic N) is 1. The standard InChI is InChI=1S/C11H12ClNO4S/c1-7-6-13(8(2)14)10-5-9(18(12,15)16)3-4-11(10)17-7/h3-5,7H,6H2,1-2H3/t7-/m1/s1. The predicted molar refractivity (Wildman–Crippen MR) is 67.6 cm³/mol. The second kappa shape index (κ2) is 4.44. The minimum Gasteiger partial charge on any atom is -0.487 e. The first-order valence-corrected chi connectivity index (χ1v) is 7.63. The third-order valence-corrected chi connectivity index (χ3v) is 4.00. The molecule has 98 valence electrons. The Balaban J connectivity index is 2.56. The van der Waals surface area contributed by atoms with Crippen LogP contribution in [-0.4, -0.2) is 27.0 Å². The molecule has 1 aromatic carbocycles. The summed E-state index contributed by atoms with van der Waals surface area (Å²) in [4.78, 5) is 13.0. The van der Waals surface area contributed by atoms with E-state index in [1.54, 1.807) is 0 Å². The van der Waals surface area contributed by atoms with Gasteiger partial charge in [-0.3, -0.25) is 4.79 Å². The van der Waals surface area contributed by atoms with E-state index in [4.69, 9.17) is 15.4 Å². The maximum atomic E-state index is 11.6. The number of carbonyl (C=O) groups excluding carboxylic acids is 1. The van der Waals surface area contributed by atoms with Crippen molar-refractivity contribution in [3.05, 3.63) is 18.2 Å². The number of ether oxygens (including phenoxy) is 1. The van der Waals surface area contributed by atoms with Crippen LogP contribution in [0.3, 0.4) is 0 Å². The number of amides is 1. The largest absolute Gasteiger partial charge is 0.487 e. The van der Waals surface area contributed by atoms with Gasteiger partial charge in [0, 0.05) is 17.6 Å². The van der Waals surface area contributed by atoms with Crippen LogP contribution in [0.4, 0.5) is 5.69 Å². The zero-order chi connectivity index (χ0) is 13.5. The van der Waals surface area contributed by atoms with Crippen molar-refractivity contribution < 1.29 is 17.9 Å². The highest BCUT2D eigenvalue weighted by Gasteiger charge is 2.27. The molecule has 1 atom stereocenters. The molecule has 1 amide bonds. The van der Waals surface area contributed by atoms with E-state index in [1.165, 1.54) is 30.0 Å². The molecule has 1 aromatic rings. The molecule has 0 aromatic heterocycles. The van der Waals surface area contributed by atoms with Crippen molar-refractivity contribution in [2.75, 3.05) is 11.4 Å². The van der Waals surface area contributed by atoms with Crippen molar-refractivity contribution >= 4 is 31.3 Å². The highest BCUT2D eigenvalue weighted by Crippen LogP contribution is 2.36. The normalized spacial score (nSPS) is 19.1. The number of benzene rings is 1. The van der Waals surface area contributed by atoms with Gasteiger partial charge in [-0.05, 0) is 25.1 Å². The van der Waals surface area contributed by atoms with Gasteiger partial charge in [-0.25, -0.2) is 8.42 Å². The molecule has 0 N–H and O–H groups in total. The minimum absolute atomic E-state index is 0.0488. The van der Waals surface area contributed by atoms with E-state index in [0.29, 0.717) is 18.0 Å². The SMILES string of the molecule is CC(=O)N1C[C@@H](C)Oc2ccc(S(=O)(=O)Cl)cc21. The Morgan fingerprint density at radius 3 is 2.72 bits per heavy atom. The first kappa shape index (κ1) is 13.2. The highest BCUT2D eigenvalue weighted by atomic mass is 35.7. The van der Waals surface area contributed by atoms with E-state index in [1.807, 2.05) is 6.92 Å². The molecule has 0 fully saturated rings. The molecule has 1 aliphatic rings. The van der Waals surface area contributed by atoms with Crippen molar-refractivity contribution in [3.8, 4) is 5.75 Å². The third-order valence-electron chi connectivity index (χ3n) is 2.65. The summed E-state index contributed by atoms with van der Waals surface area (Å²) in [6.45, 7) is 3.64. The third kappa shape index (κ3) is 2.44. The van der Waals surface area contributed by atoms with Crippen molar-refractivity contribution in [2.24, 2.45) is 0 Å². The monoisotopic (exact) mass is 289 g/mol. The van der Waals surface area contributed by atoms with Crippen LogP contribution in [-0.2, 0) is 13.8 Å². The van der Waals surface area contributed by atoms with Crippen LogP contribution in [0.2, 0.25) is 0 Å². The number of anilines is 1. The zero-order valence-electron chi connectivity index (χ0n) is 9.88. The molecule has 0 aliphatic carbocycles. The number of carbonyl (C=O) groups is 1. The van der Waals surface area contributed by atoms with Crippen LogP contribution in [0, 0.1) is 0 Å². The predicted octanol–water partition coefficient (Wildman–Crippen LogP) is 1.75. The van der Waals surface area contributed by atoms with Crippen molar-refractivity contribution in [1.29, 1.82) is 0 Å². The van der Waals surface area contributed by atoms with Gasteiger partial charge in [-0.2, -0.15) is 0 Å². The molecule has 0 bridgehead atoms. The Hall–Kier alpha value is -1.27. The average Bonchev–Trinajstić information content (AvgIpc) is 2.25. The first-order chi connectivity index (χ1) is 8.29. The van der Waals surface area contributed by atoms with Gasteiger partial charge in [0.15, 0.2) is 0 Å². The molecule has 0 spiro atoms. The quantitative estimate of drug-likeness (QED) is 0.739. The molecular formula is C11H12ClNO4S. The Kier molecular flexibility index (Phi) is 3.25. The number of hydrogen-bond acceptors (Lipinski definition) is 4. The van der Waals surface area contributed by atoms with E-state index in [-0.39, 0.29) is 16.9 Å². The molecule has 18 heavy (non-hydrogen) atoms. The van der Waals surface area contributed by atoms with Crippen LogP contribution in [0.1, 0.15) is 13.8 Å². The van der Waals surface area contributed by atoms with Gasteiger partial charge in [-0.15, -0.1) is 0 Å². The highest BCUT2D eigenvalue weighted by molar-refractivity contribution is 8.13. The summed E-state index contributed by atoms with van der Waals surface area (Å²) in [5.74, 6) is 0.309. The van der Waals surface area contributed by atoms with Crippen molar-refractivity contribution in [1.82, 2.24) is 0 Å². The van der Waals surface area contributed by atoms with Crippen LogP contribution in [0.25, 0.3) is 0 Å². The molecule has 0 radical (unpaired) electrons. The summed E-state index contributed by atoms with van der Waals surface area (Å²) in [6.07, 6.45) is -0.139. The summed E-state index contributed by atoms with van der Waals surface area (Å²) in [6, 6.07) is 4.22. The summed E-state index contributed by atoms with van der Waals surface area (Å²) in [5.41, 5.74) is 0.433. The van der Waals surface area contributed by atoms with Crippen LogP contribution >= 0.6 is 10.7 Å². The van der Waals surface area contributed by atoms with E-state index < -0.39 is 9.05 Å². The van der Waals surface area contributed by atoms with Gasteiger partial charge < -0.3 is 9.64 Å². The number of hydrogen-bond donors (Lipinski definition) is 0. The second-order valence-electron chi connectivity index (χ2n) is 4.13. The number of rotatable bonds is 1. The smallest absolute Gasteiger partial charge is 0.261 e. The molecular weight excluding hydrogens is 278 g/mol. The van der Waals surface area contributed by atoms with Gasteiger partial charge in [0.25, 0.3) is 9.05 Å². The second-order valence-corrected chi connectivity index (χ2v) is 6.69. The van der Waals surface area contributed by atoms with Crippen LogP contribution < -0.4 is 9.64 Å². The van der Waals surface area contributed by atoms with Crippen molar-refractivity contribution in [3.63, 3.8) is 0 Å². The fourth-order valence-electron chi connectivity index (χ4n) is 1.87. The summed E-state index contributed by atoms with van der Waals surface area (Å²) in [5, 5.41) is 0. The van der Waals surface area contributed by atoms with Gasteiger partial charge in [0.2, 0.25) is 5.91 Å². The van der Waals surface area contributed by atoms with Crippen LogP contribution in [0.5, 0.6) is 5.75 Å². The summed E-state index contributed by atoms with van der Waals surface area (Å²) < 4.78 is 28.1. The van der Waals surface area contributed by atoms with Gasteiger partial charge in [0.1, 0.15) is 11.9 Å². The molecule has 0 saturated carbocycles. The molecule has 0 unspecified atom stereocenters. The Bertz CT molecular complexity index is 599. The van der Waals surface area contributed by atoms with E-state index in [0.717, 1.165) is 0 Å². The number of fused-ring (bicyclic) bond motifs is 1. The number of halogens is 1. The Labute approximate surface area is 110 Å². The average molecular weight is 290 g/mol. The lowest BCUT2D eigenvalue weighted by Crippen LogP contribution is -2.41. The van der Waals surface area contributed by atoms with E-state index >= 15 is 0 Å². The molecule has 5 nitrogen and oxygen atoms in total. The molecule has 2 rings (SSSR count). The van der Waals surface area contributed by atoms with Gasteiger partial charge >= 0.3 is 0 Å². The minimum atomic E-state index is -3.82. The van der Waals surface area contributed by atoms with Crippen molar-refractivity contribution in [2.45, 2.75) is 24.8 Å². The lowest BCUT2D eigenvalue weighted by molar-refractivity contribution is -0.117. The first-order valence-electron chi connectivity index (χ1n) is 5.32. The maximum absolute atomic E-state index is 11.6. The molecule has 1 aliphatic heterocycles. The summed E-state index contributed by atoms with van der Waals surface area (Å²) in [7, 11) is 1.46. The molecule has 7 heteroatoms. The fourth-order valence-corrected chi connectivity index (χ4v) is 2.64. The maximum Gasteiger partial charge on any atom is 0.261 e. The Morgan fingerprint density at radius 1 is 1.50 bits per heavy atom. The van der Waals surface area contributed by atoms with Gasteiger partial charge in [-0.1, -0.05) is 0 Å². The zero-order valence-corrected chi connectivity index (χ0v) is 11.5. The fraction of sp³-hybridized carbons (Fsp3) is 0.364. The lowest BCUT2D eigenvalue weighted by atomic mass is 10.2.